The van der Waals surface area contributed by atoms with Crippen molar-refractivity contribution in [2.24, 2.45) is 16.8 Å². The number of benzene rings is 1. The average molecular weight is 445 g/mol. The van der Waals surface area contributed by atoms with Crippen molar-refractivity contribution >= 4 is 11.5 Å². The van der Waals surface area contributed by atoms with Crippen LogP contribution in [-0.2, 0) is 11.2 Å². The minimum Gasteiger partial charge on any atom is -0.470 e. The Bertz CT molecular complexity index is 1070. The topological polar surface area (TPSA) is 51.5 Å². The van der Waals surface area contributed by atoms with E-state index >= 15 is 0 Å². The second-order valence-electron chi connectivity index (χ2n) is 10.5. The fourth-order valence-corrected chi connectivity index (χ4v) is 5.56. The number of Topliss-reactive ketones (excluding diaryl/α,β-unsaturated/α-hetero) is 1. The first-order chi connectivity index (χ1) is 16.0. The lowest BCUT2D eigenvalue weighted by Gasteiger charge is -2.20. The molecule has 0 radical (unpaired) electrons. The Kier molecular flexibility index (Phi) is 6.36. The highest BCUT2D eigenvalue weighted by molar-refractivity contribution is 6.06. The summed E-state index contributed by atoms with van der Waals surface area (Å²) >= 11 is 0. The first-order valence-corrected chi connectivity index (χ1v) is 12.8. The summed E-state index contributed by atoms with van der Waals surface area (Å²) in [7, 11) is 0. The Morgan fingerprint density at radius 3 is 2.79 bits per heavy atom. The van der Waals surface area contributed by atoms with Gasteiger partial charge < -0.3 is 4.74 Å². The Balaban J connectivity index is 1.19. The fourth-order valence-electron chi connectivity index (χ4n) is 5.56. The highest BCUT2D eigenvalue weighted by atomic mass is 16.5. The second kappa shape index (κ2) is 9.40. The molecule has 1 aromatic heterocycles. The maximum absolute atomic E-state index is 12.6. The van der Waals surface area contributed by atoms with Crippen LogP contribution in [0, 0.1) is 18.8 Å². The van der Waals surface area contributed by atoms with Crippen molar-refractivity contribution in [3.63, 3.8) is 0 Å². The van der Waals surface area contributed by atoms with Gasteiger partial charge in [-0.15, -0.1) is 0 Å². The van der Waals surface area contributed by atoms with Crippen molar-refractivity contribution in [1.82, 2.24) is 4.98 Å². The van der Waals surface area contributed by atoms with Crippen LogP contribution in [-0.4, -0.2) is 29.6 Å². The lowest BCUT2D eigenvalue weighted by molar-refractivity contribution is -0.121. The lowest BCUT2D eigenvalue weighted by atomic mass is 9.88. The van der Waals surface area contributed by atoms with Gasteiger partial charge in [-0.2, -0.15) is 0 Å². The van der Waals surface area contributed by atoms with E-state index in [1.54, 1.807) is 0 Å². The molecule has 1 fully saturated rings. The number of rotatable bonds is 8. The Hall–Kier alpha value is -2.49. The van der Waals surface area contributed by atoms with Crippen molar-refractivity contribution in [3.05, 3.63) is 58.3 Å². The van der Waals surface area contributed by atoms with Crippen LogP contribution >= 0.6 is 0 Å². The van der Waals surface area contributed by atoms with Gasteiger partial charge in [0.25, 0.3) is 0 Å². The van der Waals surface area contributed by atoms with E-state index in [1.807, 2.05) is 6.07 Å². The third-order valence-corrected chi connectivity index (χ3v) is 7.92. The van der Waals surface area contributed by atoms with Crippen LogP contribution in [0.2, 0.25) is 0 Å². The molecule has 3 atom stereocenters. The van der Waals surface area contributed by atoms with Crippen molar-refractivity contribution in [2.45, 2.75) is 77.6 Å². The summed E-state index contributed by atoms with van der Waals surface area (Å²) in [5.74, 6) is 2.73. The van der Waals surface area contributed by atoms with Gasteiger partial charge in [0.05, 0.1) is 5.69 Å². The number of fused-ring (bicyclic) bond motifs is 2. The molecule has 3 aliphatic rings. The molecule has 3 unspecified atom stereocenters. The van der Waals surface area contributed by atoms with E-state index in [0.29, 0.717) is 36.0 Å². The number of carbonyl (C=O) groups is 1. The molecule has 1 aliphatic heterocycles. The van der Waals surface area contributed by atoms with Crippen LogP contribution in [0.25, 0.3) is 0 Å². The molecule has 4 heteroatoms. The smallest absolute Gasteiger partial charge is 0.214 e. The van der Waals surface area contributed by atoms with Gasteiger partial charge in [-0.05, 0) is 74.0 Å². The summed E-state index contributed by atoms with van der Waals surface area (Å²) in [4.78, 5) is 22.5. The number of aromatic nitrogens is 1. The van der Waals surface area contributed by atoms with Gasteiger partial charge in [-0.25, -0.2) is 4.98 Å². The number of ketones is 1. The van der Waals surface area contributed by atoms with Gasteiger partial charge in [0.15, 0.2) is 5.78 Å². The summed E-state index contributed by atoms with van der Waals surface area (Å²) in [6.45, 7) is 7.61. The summed E-state index contributed by atoms with van der Waals surface area (Å²) < 4.78 is 5.93. The number of pyridine rings is 1. The summed E-state index contributed by atoms with van der Waals surface area (Å²) in [5.41, 5.74) is 7.75. The van der Waals surface area contributed by atoms with Crippen LogP contribution in [0.3, 0.4) is 0 Å². The molecule has 174 valence electrons. The largest absolute Gasteiger partial charge is 0.470 e. The molecule has 2 heterocycles. The Labute approximate surface area is 197 Å². The van der Waals surface area contributed by atoms with Crippen LogP contribution in [0.1, 0.15) is 92.2 Å². The van der Waals surface area contributed by atoms with Gasteiger partial charge in [0.1, 0.15) is 6.61 Å². The van der Waals surface area contributed by atoms with Gasteiger partial charge >= 0.3 is 0 Å². The first-order valence-electron chi connectivity index (χ1n) is 12.8. The van der Waals surface area contributed by atoms with Crippen molar-refractivity contribution in [3.8, 4) is 5.88 Å². The van der Waals surface area contributed by atoms with E-state index in [9.17, 15) is 4.79 Å². The molecule has 1 aromatic carbocycles. The van der Waals surface area contributed by atoms with E-state index < -0.39 is 0 Å². The molecule has 4 nitrogen and oxygen atoms in total. The predicted octanol–water partition coefficient (Wildman–Crippen LogP) is 6.19. The van der Waals surface area contributed by atoms with Gasteiger partial charge in [0, 0.05) is 42.1 Å². The molecule has 0 amide bonds. The van der Waals surface area contributed by atoms with Gasteiger partial charge in [0.2, 0.25) is 5.88 Å². The standard InChI is InChI=1S/C29H36N2O2/c1-18-15-26(31-28-20(3)19(2)16-30-29(27(18)28)23-13-14-23)33-17-24(32)9-6-8-22-12-11-21-7-4-5-10-25(21)22/h4-5,7,10,15,19-20,22-23H,6,8-9,11-14,16-17H2,1-3H3. The molecule has 33 heavy (non-hydrogen) atoms. The van der Waals surface area contributed by atoms with Gasteiger partial charge in [-0.1, -0.05) is 38.1 Å². The predicted molar refractivity (Wildman–Crippen MR) is 133 cm³/mol. The molecule has 0 N–H and O–H groups in total. The van der Waals surface area contributed by atoms with E-state index in [-0.39, 0.29) is 12.4 Å². The molecule has 0 bridgehead atoms. The molecule has 5 rings (SSSR count). The third-order valence-electron chi connectivity index (χ3n) is 7.92. The molecular weight excluding hydrogens is 408 g/mol. The second-order valence-corrected chi connectivity index (χ2v) is 10.5. The number of hydrogen-bond donors (Lipinski definition) is 0. The summed E-state index contributed by atoms with van der Waals surface area (Å²) in [6.07, 6.45) is 7.44. The zero-order chi connectivity index (χ0) is 22.9. The quantitative estimate of drug-likeness (QED) is 0.488. The van der Waals surface area contributed by atoms with Crippen LogP contribution in [0.5, 0.6) is 5.88 Å². The van der Waals surface area contributed by atoms with Crippen LogP contribution in [0.15, 0.2) is 35.3 Å². The first kappa shape index (κ1) is 22.3. The van der Waals surface area contributed by atoms with Gasteiger partial charge in [-0.3, -0.25) is 9.79 Å². The minimum absolute atomic E-state index is 0.111. The number of ether oxygens (including phenoxy) is 1. The maximum atomic E-state index is 12.6. The number of carbonyl (C=O) groups excluding carboxylic acids is 1. The molecule has 0 saturated heterocycles. The number of aliphatic imine (C=N–C) groups is 1. The Morgan fingerprint density at radius 2 is 1.97 bits per heavy atom. The SMILES string of the molecule is Cc1cc(OCC(=O)CCCC2CCc3ccccc32)nc2c1C(C1CC1)=NCC(C)C2C. The molecule has 1 saturated carbocycles. The van der Waals surface area contributed by atoms with Crippen molar-refractivity contribution in [1.29, 1.82) is 0 Å². The summed E-state index contributed by atoms with van der Waals surface area (Å²) in [5, 5.41) is 0. The molecule has 0 spiro atoms. The number of nitrogens with zero attached hydrogens (tertiary/aromatic N) is 2. The zero-order valence-corrected chi connectivity index (χ0v) is 20.3. The summed E-state index contributed by atoms with van der Waals surface area (Å²) in [6, 6.07) is 10.8. The highest BCUT2D eigenvalue weighted by Gasteiger charge is 2.35. The molecular formula is C29H36N2O2. The minimum atomic E-state index is 0.111. The van der Waals surface area contributed by atoms with E-state index in [2.05, 4.69) is 45.0 Å². The molecule has 2 aromatic rings. The van der Waals surface area contributed by atoms with Crippen molar-refractivity contribution < 1.29 is 9.53 Å². The van der Waals surface area contributed by atoms with E-state index in [0.717, 1.165) is 25.1 Å². The average Bonchev–Trinajstić information content (AvgIpc) is 3.59. The fraction of sp³-hybridized carbons (Fsp3) is 0.552. The molecule has 2 aliphatic carbocycles. The maximum Gasteiger partial charge on any atom is 0.214 e. The van der Waals surface area contributed by atoms with E-state index in [4.69, 9.17) is 14.7 Å². The number of hydrogen-bond acceptors (Lipinski definition) is 4. The van der Waals surface area contributed by atoms with Crippen molar-refractivity contribution in [2.75, 3.05) is 13.2 Å². The highest BCUT2D eigenvalue weighted by Crippen LogP contribution is 2.40. The van der Waals surface area contributed by atoms with E-state index in [1.165, 1.54) is 53.6 Å². The monoisotopic (exact) mass is 444 g/mol. The number of aryl methyl sites for hydroxylation is 2. The lowest BCUT2D eigenvalue weighted by Crippen LogP contribution is -2.16. The van der Waals surface area contributed by atoms with Crippen LogP contribution in [0.4, 0.5) is 0 Å². The third kappa shape index (κ3) is 4.76. The Morgan fingerprint density at radius 1 is 1.15 bits per heavy atom. The van der Waals surface area contributed by atoms with Crippen LogP contribution < -0.4 is 4.74 Å². The zero-order valence-electron chi connectivity index (χ0n) is 20.3. The normalized spacial score (nSPS) is 24.0.